The fourth-order valence-electron chi connectivity index (χ4n) is 2.04. The number of aryl methyl sites for hydroxylation is 1. The Labute approximate surface area is 114 Å². The van der Waals surface area contributed by atoms with Crippen molar-refractivity contribution in [2.75, 3.05) is 0 Å². The summed E-state index contributed by atoms with van der Waals surface area (Å²) >= 11 is 0. The van der Waals surface area contributed by atoms with E-state index in [0.29, 0.717) is 5.92 Å². The highest BCUT2D eigenvalue weighted by atomic mass is 14.9. The molecule has 0 radical (unpaired) electrons. The lowest BCUT2D eigenvalue weighted by Gasteiger charge is -2.14. The molecule has 3 heteroatoms. The standard InChI is InChI=1S/C16H21N3/c1-11(2)15-9-12(3)18-16(19-15)14(17)10-13-7-5-4-6-8-13/h4-9,11,14H,10,17H2,1-3H3. The molecular weight excluding hydrogens is 234 g/mol. The lowest BCUT2D eigenvalue weighted by molar-refractivity contribution is 0.647. The molecule has 0 amide bonds. The second-order valence-corrected chi connectivity index (χ2v) is 5.24. The summed E-state index contributed by atoms with van der Waals surface area (Å²) in [5.41, 5.74) is 9.50. The lowest BCUT2D eigenvalue weighted by Crippen LogP contribution is -2.18. The highest BCUT2D eigenvalue weighted by molar-refractivity contribution is 5.19. The molecule has 1 heterocycles. The summed E-state index contributed by atoms with van der Waals surface area (Å²) in [7, 11) is 0. The first-order valence-corrected chi connectivity index (χ1v) is 6.71. The Morgan fingerprint density at radius 1 is 1.11 bits per heavy atom. The number of benzene rings is 1. The molecule has 0 fully saturated rings. The Bertz CT molecular complexity index is 535. The van der Waals surface area contributed by atoms with Crippen LogP contribution in [0.2, 0.25) is 0 Å². The van der Waals surface area contributed by atoms with E-state index < -0.39 is 0 Å². The zero-order valence-corrected chi connectivity index (χ0v) is 11.8. The monoisotopic (exact) mass is 255 g/mol. The molecule has 19 heavy (non-hydrogen) atoms. The molecule has 0 spiro atoms. The average Bonchev–Trinajstić information content (AvgIpc) is 2.39. The molecule has 0 bridgehead atoms. The summed E-state index contributed by atoms with van der Waals surface area (Å²) in [6.07, 6.45) is 0.766. The second-order valence-electron chi connectivity index (χ2n) is 5.24. The molecule has 1 atom stereocenters. The van der Waals surface area contributed by atoms with Gasteiger partial charge in [0.05, 0.1) is 6.04 Å². The van der Waals surface area contributed by atoms with Crippen molar-refractivity contribution in [2.45, 2.75) is 39.2 Å². The van der Waals surface area contributed by atoms with Gasteiger partial charge in [0.2, 0.25) is 0 Å². The van der Waals surface area contributed by atoms with E-state index in [1.807, 2.05) is 31.2 Å². The van der Waals surface area contributed by atoms with Gasteiger partial charge in [-0.3, -0.25) is 0 Å². The zero-order valence-electron chi connectivity index (χ0n) is 11.8. The van der Waals surface area contributed by atoms with E-state index in [4.69, 9.17) is 5.73 Å². The van der Waals surface area contributed by atoms with E-state index in [9.17, 15) is 0 Å². The molecule has 1 unspecified atom stereocenters. The minimum atomic E-state index is -0.153. The predicted octanol–water partition coefficient (Wildman–Crippen LogP) is 3.15. The van der Waals surface area contributed by atoms with Crippen molar-refractivity contribution in [3.8, 4) is 0 Å². The van der Waals surface area contributed by atoms with Crippen LogP contribution in [-0.4, -0.2) is 9.97 Å². The minimum absolute atomic E-state index is 0.153. The Morgan fingerprint density at radius 2 is 1.79 bits per heavy atom. The molecule has 2 N–H and O–H groups in total. The van der Waals surface area contributed by atoms with Gasteiger partial charge in [-0.25, -0.2) is 9.97 Å². The summed E-state index contributed by atoms with van der Waals surface area (Å²) in [6, 6.07) is 12.1. The molecule has 0 aliphatic rings. The topological polar surface area (TPSA) is 51.8 Å². The third-order valence-corrected chi connectivity index (χ3v) is 3.11. The van der Waals surface area contributed by atoms with Crippen LogP contribution >= 0.6 is 0 Å². The van der Waals surface area contributed by atoms with Crippen molar-refractivity contribution in [1.82, 2.24) is 9.97 Å². The quantitative estimate of drug-likeness (QED) is 0.913. The molecule has 1 aromatic heterocycles. The molecule has 0 saturated carbocycles. The molecular formula is C16H21N3. The second kappa shape index (κ2) is 5.93. The van der Waals surface area contributed by atoms with Gasteiger partial charge in [0.1, 0.15) is 5.82 Å². The van der Waals surface area contributed by atoms with Gasteiger partial charge in [0.25, 0.3) is 0 Å². The number of rotatable bonds is 4. The number of nitrogens with zero attached hydrogens (tertiary/aromatic N) is 2. The molecule has 2 aromatic rings. The molecule has 0 aliphatic heterocycles. The van der Waals surface area contributed by atoms with Gasteiger partial charge in [-0.15, -0.1) is 0 Å². The largest absolute Gasteiger partial charge is 0.321 e. The van der Waals surface area contributed by atoms with E-state index in [-0.39, 0.29) is 6.04 Å². The fraction of sp³-hybridized carbons (Fsp3) is 0.375. The minimum Gasteiger partial charge on any atom is -0.321 e. The van der Waals surface area contributed by atoms with Gasteiger partial charge in [0.15, 0.2) is 0 Å². The van der Waals surface area contributed by atoms with Gasteiger partial charge >= 0.3 is 0 Å². The van der Waals surface area contributed by atoms with Crippen LogP contribution in [0.15, 0.2) is 36.4 Å². The number of hydrogen-bond donors (Lipinski definition) is 1. The van der Waals surface area contributed by atoms with Crippen molar-refractivity contribution < 1.29 is 0 Å². The third kappa shape index (κ3) is 3.61. The number of nitrogens with two attached hydrogens (primary N) is 1. The van der Waals surface area contributed by atoms with Crippen LogP contribution in [-0.2, 0) is 6.42 Å². The highest BCUT2D eigenvalue weighted by Crippen LogP contribution is 2.17. The van der Waals surface area contributed by atoms with Crippen molar-refractivity contribution in [2.24, 2.45) is 5.73 Å². The molecule has 0 saturated heterocycles. The summed E-state index contributed by atoms with van der Waals surface area (Å²) in [5.74, 6) is 1.14. The van der Waals surface area contributed by atoms with E-state index in [0.717, 1.165) is 23.6 Å². The predicted molar refractivity (Wildman–Crippen MR) is 77.9 cm³/mol. The maximum Gasteiger partial charge on any atom is 0.145 e. The molecule has 2 rings (SSSR count). The molecule has 3 nitrogen and oxygen atoms in total. The van der Waals surface area contributed by atoms with Crippen LogP contribution in [0.3, 0.4) is 0 Å². The van der Waals surface area contributed by atoms with Crippen molar-refractivity contribution >= 4 is 0 Å². The zero-order chi connectivity index (χ0) is 13.8. The van der Waals surface area contributed by atoms with Crippen LogP contribution < -0.4 is 5.73 Å². The average molecular weight is 255 g/mol. The van der Waals surface area contributed by atoms with Crippen LogP contribution in [0.25, 0.3) is 0 Å². The highest BCUT2D eigenvalue weighted by Gasteiger charge is 2.13. The maximum absolute atomic E-state index is 6.24. The van der Waals surface area contributed by atoms with Crippen LogP contribution in [0.5, 0.6) is 0 Å². The molecule has 100 valence electrons. The van der Waals surface area contributed by atoms with Crippen LogP contribution in [0.1, 0.15) is 48.6 Å². The van der Waals surface area contributed by atoms with Crippen molar-refractivity contribution in [3.05, 3.63) is 59.2 Å². The Kier molecular flexibility index (Phi) is 4.27. The van der Waals surface area contributed by atoms with E-state index in [1.54, 1.807) is 0 Å². The lowest BCUT2D eigenvalue weighted by atomic mass is 10.0. The Morgan fingerprint density at radius 3 is 2.42 bits per heavy atom. The van der Waals surface area contributed by atoms with E-state index in [1.165, 1.54) is 5.56 Å². The third-order valence-electron chi connectivity index (χ3n) is 3.11. The van der Waals surface area contributed by atoms with Crippen molar-refractivity contribution in [1.29, 1.82) is 0 Å². The Balaban J connectivity index is 2.21. The summed E-state index contributed by atoms with van der Waals surface area (Å²) < 4.78 is 0. The van der Waals surface area contributed by atoms with Crippen LogP contribution in [0.4, 0.5) is 0 Å². The van der Waals surface area contributed by atoms with Gasteiger partial charge in [0, 0.05) is 11.4 Å². The van der Waals surface area contributed by atoms with Crippen LogP contribution in [0, 0.1) is 6.92 Å². The van der Waals surface area contributed by atoms with Gasteiger partial charge in [-0.2, -0.15) is 0 Å². The first-order chi connectivity index (χ1) is 9.06. The van der Waals surface area contributed by atoms with Gasteiger partial charge in [-0.1, -0.05) is 44.2 Å². The van der Waals surface area contributed by atoms with E-state index >= 15 is 0 Å². The molecule has 0 aliphatic carbocycles. The first kappa shape index (κ1) is 13.7. The first-order valence-electron chi connectivity index (χ1n) is 6.71. The van der Waals surface area contributed by atoms with Gasteiger partial charge in [-0.05, 0) is 30.9 Å². The smallest absolute Gasteiger partial charge is 0.145 e. The van der Waals surface area contributed by atoms with Crippen molar-refractivity contribution in [3.63, 3.8) is 0 Å². The number of aromatic nitrogens is 2. The summed E-state index contributed by atoms with van der Waals surface area (Å²) in [6.45, 7) is 6.26. The summed E-state index contributed by atoms with van der Waals surface area (Å²) in [5, 5.41) is 0. The van der Waals surface area contributed by atoms with E-state index in [2.05, 4.69) is 35.9 Å². The SMILES string of the molecule is Cc1cc(C(C)C)nc(C(N)Cc2ccccc2)n1. The van der Waals surface area contributed by atoms with Gasteiger partial charge < -0.3 is 5.73 Å². The fourth-order valence-corrected chi connectivity index (χ4v) is 2.04. The molecule has 1 aromatic carbocycles. The Hall–Kier alpha value is -1.74. The summed E-state index contributed by atoms with van der Waals surface area (Å²) in [4.78, 5) is 9.07. The normalized spacial score (nSPS) is 12.7. The maximum atomic E-state index is 6.24. The number of hydrogen-bond acceptors (Lipinski definition) is 3.